The molecule has 1 saturated heterocycles. The molecule has 1 aromatic carbocycles. The lowest BCUT2D eigenvalue weighted by molar-refractivity contribution is 0.100. The molecule has 20 heavy (non-hydrogen) atoms. The molecule has 0 aliphatic carbocycles. The van der Waals surface area contributed by atoms with Crippen molar-refractivity contribution in [3.05, 3.63) is 29.8 Å². The highest BCUT2D eigenvalue weighted by Gasteiger charge is 2.13. The van der Waals surface area contributed by atoms with Crippen LogP contribution in [0, 0.1) is 6.92 Å². The van der Waals surface area contributed by atoms with Gasteiger partial charge in [0.2, 0.25) is 0 Å². The van der Waals surface area contributed by atoms with Crippen LogP contribution in [0.15, 0.2) is 24.3 Å². The average Bonchev–Trinajstić information content (AvgIpc) is 2.47. The van der Waals surface area contributed by atoms with Gasteiger partial charge in [-0.3, -0.25) is 0 Å². The van der Waals surface area contributed by atoms with Crippen LogP contribution >= 0.6 is 11.8 Å². The first-order chi connectivity index (χ1) is 9.74. The van der Waals surface area contributed by atoms with Gasteiger partial charge in [0.25, 0.3) is 0 Å². The van der Waals surface area contributed by atoms with E-state index in [1.54, 1.807) is 0 Å². The molecule has 1 aromatic rings. The van der Waals surface area contributed by atoms with Gasteiger partial charge in [0, 0.05) is 36.4 Å². The summed E-state index contributed by atoms with van der Waals surface area (Å²) < 4.78 is 5.33. The third kappa shape index (κ3) is 5.43. The molecule has 0 atom stereocenters. The van der Waals surface area contributed by atoms with Crippen LogP contribution in [0.4, 0.5) is 10.5 Å². The standard InChI is InChI=1S/C15H22N2O2S/c1-12-2-4-13(5-3-12)17-15(18)16-8-11-20-14-6-9-19-10-7-14/h2-5,14H,6-11H2,1H3,(H2,16,17,18). The van der Waals surface area contributed by atoms with E-state index < -0.39 is 0 Å². The second-order valence-corrected chi connectivity index (χ2v) is 6.34. The van der Waals surface area contributed by atoms with Crippen molar-refractivity contribution in [2.75, 3.05) is 30.8 Å². The van der Waals surface area contributed by atoms with E-state index in [-0.39, 0.29) is 6.03 Å². The lowest BCUT2D eigenvalue weighted by Crippen LogP contribution is -2.31. The van der Waals surface area contributed by atoms with E-state index in [0.717, 1.165) is 37.5 Å². The molecule has 0 radical (unpaired) electrons. The number of hydrogen-bond donors (Lipinski definition) is 2. The first kappa shape index (κ1) is 15.2. The van der Waals surface area contributed by atoms with Crippen molar-refractivity contribution in [2.45, 2.75) is 25.0 Å². The first-order valence-electron chi connectivity index (χ1n) is 7.05. The summed E-state index contributed by atoms with van der Waals surface area (Å²) in [5.74, 6) is 0.950. The third-order valence-corrected chi connectivity index (χ3v) is 4.60. The number of amides is 2. The fourth-order valence-electron chi connectivity index (χ4n) is 2.04. The number of anilines is 1. The van der Waals surface area contributed by atoms with Crippen molar-refractivity contribution < 1.29 is 9.53 Å². The number of nitrogens with one attached hydrogen (secondary N) is 2. The molecular weight excluding hydrogens is 272 g/mol. The number of ether oxygens (including phenoxy) is 1. The Morgan fingerprint density at radius 3 is 2.70 bits per heavy atom. The number of carbonyl (C=O) groups is 1. The van der Waals surface area contributed by atoms with Crippen LogP contribution in [-0.4, -0.2) is 36.8 Å². The van der Waals surface area contributed by atoms with Crippen LogP contribution in [0.1, 0.15) is 18.4 Å². The highest BCUT2D eigenvalue weighted by Crippen LogP contribution is 2.21. The second kappa shape index (κ2) is 8.17. The smallest absolute Gasteiger partial charge is 0.319 e. The zero-order valence-corrected chi connectivity index (χ0v) is 12.7. The summed E-state index contributed by atoms with van der Waals surface area (Å²) in [6.45, 7) is 4.47. The van der Waals surface area contributed by atoms with Gasteiger partial charge < -0.3 is 15.4 Å². The summed E-state index contributed by atoms with van der Waals surface area (Å²) in [6, 6.07) is 7.64. The zero-order chi connectivity index (χ0) is 14.2. The molecule has 110 valence electrons. The molecule has 2 amide bonds. The summed E-state index contributed by atoms with van der Waals surface area (Å²) in [5.41, 5.74) is 2.01. The lowest BCUT2D eigenvalue weighted by Gasteiger charge is -2.21. The summed E-state index contributed by atoms with van der Waals surface area (Å²) >= 11 is 1.93. The maximum Gasteiger partial charge on any atom is 0.319 e. The van der Waals surface area contributed by atoms with E-state index in [2.05, 4.69) is 10.6 Å². The topological polar surface area (TPSA) is 50.4 Å². The molecule has 1 aliphatic heterocycles. The van der Waals surface area contributed by atoms with Gasteiger partial charge in [0.15, 0.2) is 0 Å². The second-order valence-electron chi connectivity index (χ2n) is 4.93. The number of carbonyl (C=O) groups excluding carboxylic acids is 1. The van der Waals surface area contributed by atoms with Crippen LogP contribution in [0.25, 0.3) is 0 Å². The molecular formula is C15H22N2O2S. The van der Waals surface area contributed by atoms with Gasteiger partial charge in [0.05, 0.1) is 0 Å². The molecule has 1 aliphatic rings. The zero-order valence-electron chi connectivity index (χ0n) is 11.9. The van der Waals surface area contributed by atoms with Gasteiger partial charge in [-0.05, 0) is 31.9 Å². The Labute approximate surface area is 124 Å². The Morgan fingerprint density at radius 2 is 2.00 bits per heavy atom. The molecule has 0 saturated carbocycles. The Balaban J connectivity index is 1.59. The molecule has 2 rings (SSSR count). The minimum absolute atomic E-state index is 0.138. The van der Waals surface area contributed by atoms with Crippen LogP contribution in [0.2, 0.25) is 0 Å². The van der Waals surface area contributed by atoms with E-state index >= 15 is 0 Å². The lowest BCUT2D eigenvalue weighted by atomic mass is 10.2. The summed E-state index contributed by atoms with van der Waals surface area (Å²) in [7, 11) is 0. The van der Waals surface area contributed by atoms with E-state index in [4.69, 9.17) is 4.74 Å². The molecule has 1 heterocycles. The molecule has 5 heteroatoms. The average molecular weight is 294 g/mol. The van der Waals surface area contributed by atoms with Crippen LogP contribution < -0.4 is 10.6 Å². The predicted molar refractivity (Wildman–Crippen MR) is 84.5 cm³/mol. The summed E-state index contributed by atoms with van der Waals surface area (Å²) in [5, 5.41) is 6.40. The molecule has 0 bridgehead atoms. The van der Waals surface area contributed by atoms with Crippen LogP contribution in [-0.2, 0) is 4.74 Å². The molecule has 4 nitrogen and oxygen atoms in total. The van der Waals surface area contributed by atoms with Gasteiger partial charge in [-0.2, -0.15) is 11.8 Å². The summed E-state index contributed by atoms with van der Waals surface area (Å²) in [6.07, 6.45) is 2.25. The van der Waals surface area contributed by atoms with Gasteiger partial charge in [0.1, 0.15) is 0 Å². The fourth-order valence-corrected chi connectivity index (χ4v) is 3.12. The van der Waals surface area contributed by atoms with Gasteiger partial charge >= 0.3 is 6.03 Å². The van der Waals surface area contributed by atoms with Gasteiger partial charge in [-0.25, -0.2) is 4.79 Å². The van der Waals surface area contributed by atoms with Crippen LogP contribution in [0.3, 0.4) is 0 Å². The Bertz CT molecular complexity index is 416. The molecule has 1 fully saturated rings. The third-order valence-electron chi connectivity index (χ3n) is 3.22. The highest BCUT2D eigenvalue weighted by atomic mass is 32.2. The van der Waals surface area contributed by atoms with Crippen molar-refractivity contribution in [1.82, 2.24) is 5.32 Å². The molecule has 2 N–H and O–H groups in total. The maximum absolute atomic E-state index is 11.7. The van der Waals surface area contributed by atoms with Crippen molar-refractivity contribution in [3.63, 3.8) is 0 Å². The van der Waals surface area contributed by atoms with Gasteiger partial charge in [-0.1, -0.05) is 17.7 Å². The Morgan fingerprint density at radius 1 is 1.30 bits per heavy atom. The Hall–Kier alpha value is -1.20. The number of hydrogen-bond acceptors (Lipinski definition) is 3. The minimum atomic E-state index is -0.138. The molecule has 0 spiro atoms. The first-order valence-corrected chi connectivity index (χ1v) is 8.10. The van der Waals surface area contributed by atoms with E-state index in [0.29, 0.717) is 11.8 Å². The minimum Gasteiger partial charge on any atom is -0.381 e. The van der Waals surface area contributed by atoms with Crippen molar-refractivity contribution in [3.8, 4) is 0 Å². The summed E-state index contributed by atoms with van der Waals surface area (Å²) in [4.78, 5) is 11.7. The maximum atomic E-state index is 11.7. The number of rotatable bonds is 5. The predicted octanol–water partition coefficient (Wildman–Crippen LogP) is 3.03. The fraction of sp³-hybridized carbons (Fsp3) is 0.533. The van der Waals surface area contributed by atoms with Crippen LogP contribution in [0.5, 0.6) is 0 Å². The van der Waals surface area contributed by atoms with E-state index in [9.17, 15) is 4.79 Å². The molecule has 0 unspecified atom stereocenters. The quantitative estimate of drug-likeness (QED) is 0.821. The number of urea groups is 1. The SMILES string of the molecule is Cc1ccc(NC(=O)NCCSC2CCOCC2)cc1. The van der Waals surface area contributed by atoms with Crippen molar-refractivity contribution >= 4 is 23.5 Å². The number of thioether (sulfide) groups is 1. The van der Waals surface area contributed by atoms with Crippen molar-refractivity contribution in [1.29, 1.82) is 0 Å². The number of aryl methyl sites for hydroxylation is 1. The molecule has 0 aromatic heterocycles. The number of benzene rings is 1. The largest absolute Gasteiger partial charge is 0.381 e. The normalized spacial score (nSPS) is 15.8. The van der Waals surface area contributed by atoms with E-state index in [1.807, 2.05) is 43.0 Å². The monoisotopic (exact) mass is 294 g/mol. The van der Waals surface area contributed by atoms with Crippen molar-refractivity contribution in [2.24, 2.45) is 0 Å². The van der Waals surface area contributed by atoms with Gasteiger partial charge in [-0.15, -0.1) is 0 Å². The Kier molecular flexibility index (Phi) is 6.21. The van der Waals surface area contributed by atoms with E-state index in [1.165, 1.54) is 5.56 Å². The highest BCUT2D eigenvalue weighted by molar-refractivity contribution is 7.99.